The average molecular weight is 315 g/mol. The Labute approximate surface area is 135 Å². The van der Waals surface area contributed by atoms with Crippen LogP contribution in [0.5, 0.6) is 0 Å². The molecule has 1 aromatic rings. The summed E-state index contributed by atoms with van der Waals surface area (Å²) in [6, 6.07) is 5.46. The number of hydrogen-bond acceptors (Lipinski definition) is 5. The van der Waals surface area contributed by atoms with Gasteiger partial charge in [-0.05, 0) is 25.0 Å². The number of pyridine rings is 1. The summed E-state index contributed by atoms with van der Waals surface area (Å²) in [6.07, 6.45) is 3.03. The van der Waals surface area contributed by atoms with Crippen molar-refractivity contribution in [3.8, 4) is 6.07 Å². The molecule has 0 unspecified atom stereocenters. The fraction of sp³-hybridized carbons (Fsp3) is 0.500. The van der Waals surface area contributed by atoms with E-state index in [1.54, 1.807) is 30.2 Å². The topological polar surface area (TPSA) is 98.1 Å². The second kappa shape index (κ2) is 8.13. The van der Waals surface area contributed by atoms with Crippen molar-refractivity contribution >= 4 is 17.6 Å². The number of carbonyl (C=O) groups is 2. The lowest BCUT2D eigenvalue weighted by atomic mass is 9.96. The van der Waals surface area contributed by atoms with Crippen molar-refractivity contribution in [3.05, 3.63) is 23.9 Å². The lowest BCUT2D eigenvalue weighted by Crippen LogP contribution is -2.43. The summed E-state index contributed by atoms with van der Waals surface area (Å²) in [7, 11) is 0. The molecule has 0 radical (unpaired) electrons. The smallest absolute Gasteiger partial charge is 0.223 e. The van der Waals surface area contributed by atoms with Gasteiger partial charge in [-0.2, -0.15) is 5.26 Å². The van der Waals surface area contributed by atoms with Gasteiger partial charge in [0.25, 0.3) is 0 Å². The SMILES string of the molecule is CC(=O)N1CCC(C(=O)NCCNc2ncccc2C#N)CC1. The highest BCUT2D eigenvalue weighted by Crippen LogP contribution is 2.17. The highest BCUT2D eigenvalue weighted by atomic mass is 16.2. The van der Waals surface area contributed by atoms with E-state index in [-0.39, 0.29) is 17.7 Å². The molecule has 2 N–H and O–H groups in total. The van der Waals surface area contributed by atoms with Gasteiger partial charge in [0.2, 0.25) is 11.8 Å². The molecule has 7 nitrogen and oxygen atoms in total. The Morgan fingerprint density at radius 1 is 1.39 bits per heavy atom. The van der Waals surface area contributed by atoms with Crippen LogP contribution in [-0.2, 0) is 9.59 Å². The maximum Gasteiger partial charge on any atom is 0.223 e. The Balaban J connectivity index is 1.70. The van der Waals surface area contributed by atoms with E-state index in [2.05, 4.69) is 21.7 Å². The molecule has 0 spiro atoms. The largest absolute Gasteiger partial charge is 0.367 e. The Morgan fingerprint density at radius 3 is 2.78 bits per heavy atom. The van der Waals surface area contributed by atoms with Crippen LogP contribution in [0.2, 0.25) is 0 Å². The van der Waals surface area contributed by atoms with E-state index >= 15 is 0 Å². The zero-order valence-electron chi connectivity index (χ0n) is 13.2. The van der Waals surface area contributed by atoms with Crippen LogP contribution >= 0.6 is 0 Å². The number of likely N-dealkylation sites (tertiary alicyclic amines) is 1. The number of piperidine rings is 1. The summed E-state index contributed by atoms with van der Waals surface area (Å²) in [5.74, 6) is 0.586. The van der Waals surface area contributed by atoms with Crippen LogP contribution in [-0.4, -0.2) is 47.9 Å². The van der Waals surface area contributed by atoms with Gasteiger partial charge in [-0.3, -0.25) is 9.59 Å². The van der Waals surface area contributed by atoms with Crippen LogP contribution in [0.1, 0.15) is 25.3 Å². The first-order valence-electron chi connectivity index (χ1n) is 7.74. The fourth-order valence-electron chi connectivity index (χ4n) is 2.60. The third kappa shape index (κ3) is 4.68. The number of anilines is 1. The van der Waals surface area contributed by atoms with Gasteiger partial charge in [-0.1, -0.05) is 0 Å². The molecular formula is C16H21N5O2. The number of rotatable bonds is 5. The molecule has 7 heteroatoms. The molecule has 1 aliphatic heterocycles. The van der Waals surface area contributed by atoms with Gasteiger partial charge in [-0.15, -0.1) is 0 Å². The van der Waals surface area contributed by atoms with Crippen LogP contribution < -0.4 is 10.6 Å². The number of nitrogens with one attached hydrogen (secondary N) is 2. The number of hydrogen-bond donors (Lipinski definition) is 2. The summed E-state index contributed by atoms with van der Waals surface area (Å²) in [4.78, 5) is 29.2. The Bertz CT molecular complexity index is 603. The summed E-state index contributed by atoms with van der Waals surface area (Å²) in [5.41, 5.74) is 0.482. The van der Waals surface area contributed by atoms with Gasteiger partial charge >= 0.3 is 0 Å². The predicted octanol–water partition coefficient (Wildman–Crippen LogP) is 0.740. The summed E-state index contributed by atoms with van der Waals surface area (Å²) >= 11 is 0. The third-order valence-electron chi connectivity index (χ3n) is 3.96. The average Bonchev–Trinajstić information content (AvgIpc) is 2.59. The van der Waals surface area contributed by atoms with Crippen LogP contribution in [0.25, 0.3) is 0 Å². The number of amides is 2. The molecule has 1 aliphatic rings. The van der Waals surface area contributed by atoms with Crippen LogP contribution in [0, 0.1) is 17.2 Å². The molecule has 0 bridgehead atoms. The van der Waals surface area contributed by atoms with E-state index in [9.17, 15) is 9.59 Å². The first kappa shape index (κ1) is 16.7. The minimum absolute atomic E-state index is 0.0246. The van der Waals surface area contributed by atoms with Crippen LogP contribution in [0.3, 0.4) is 0 Å². The standard InChI is InChI=1S/C16H21N5O2/c1-12(22)21-9-4-13(5-10-21)16(23)20-8-7-19-15-14(11-17)3-2-6-18-15/h2-3,6,13H,4-5,7-10H2,1H3,(H,18,19)(H,20,23). The van der Waals surface area contributed by atoms with Crippen molar-refractivity contribution in [2.75, 3.05) is 31.5 Å². The van der Waals surface area contributed by atoms with Crippen molar-refractivity contribution in [2.45, 2.75) is 19.8 Å². The first-order chi connectivity index (χ1) is 11.1. The van der Waals surface area contributed by atoms with E-state index in [0.29, 0.717) is 50.4 Å². The van der Waals surface area contributed by atoms with Gasteiger partial charge < -0.3 is 15.5 Å². The molecular weight excluding hydrogens is 294 g/mol. The van der Waals surface area contributed by atoms with Crippen molar-refractivity contribution in [1.82, 2.24) is 15.2 Å². The number of nitrogens with zero attached hydrogens (tertiary/aromatic N) is 3. The molecule has 2 heterocycles. The highest BCUT2D eigenvalue weighted by Gasteiger charge is 2.25. The highest BCUT2D eigenvalue weighted by molar-refractivity contribution is 5.79. The molecule has 0 saturated carbocycles. The summed E-state index contributed by atoms with van der Waals surface area (Å²) in [6.45, 7) is 3.81. The second-order valence-electron chi connectivity index (χ2n) is 5.51. The maximum atomic E-state index is 12.1. The lowest BCUT2D eigenvalue weighted by molar-refractivity contribution is -0.133. The third-order valence-corrected chi connectivity index (χ3v) is 3.96. The van der Waals surface area contributed by atoms with Crippen molar-refractivity contribution in [1.29, 1.82) is 5.26 Å². The zero-order valence-corrected chi connectivity index (χ0v) is 13.2. The quantitative estimate of drug-likeness (QED) is 0.781. The van der Waals surface area contributed by atoms with Crippen LogP contribution in [0.15, 0.2) is 18.3 Å². The van der Waals surface area contributed by atoms with Gasteiger partial charge in [0.15, 0.2) is 0 Å². The van der Waals surface area contributed by atoms with Crippen molar-refractivity contribution < 1.29 is 9.59 Å². The second-order valence-corrected chi connectivity index (χ2v) is 5.51. The van der Waals surface area contributed by atoms with Gasteiger partial charge in [0.05, 0.1) is 5.56 Å². The first-order valence-corrected chi connectivity index (χ1v) is 7.74. The molecule has 1 fully saturated rings. The molecule has 1 aromatic heterocycles. The predicted molar refractivity (Wildman–Crippen MR) is 85.4 cm³/mol. The van der Waals surface area contributed by atoms with E-state index in [4.69, 9.17) is 5.26 Å². The Hall–Kier alpha value is -2.62. The molecule has 23 heavy (non-hydrogen) atoms. The normalized spacial score (nSPS) is 14.9. The Kier molecular flexibility index (Phi) is 5.92. The number of nitriles is 1. The minimum atomic E-state index is -0.0323. The van der Waals surface area contributed by atoms with E-state index in [0.717, 1.165) is 0 Å². The summed E-state index contributed by atoms with van der Waals surface area (Å²) in [5, 5.41) is 14.9. The lowest BCUT2D eigenvalue weighted by Gasteiger charge is -2.30. The molecule has 1 saturated heterocycles. The van der Waals surface area contributed by atoms with E-state index < -0.39 is 0 Å². The monoisotopic (exact) mass is 315 g/mol. The summed E-state index contributed by atoms with van der Waals surface area (Å²) < 4.78 is 0. The van der Waals surface area contributed by atoms with E-state index in [1.165, 1.54) is 0 Å². The zero-order chi connectivity index (χ0) is 16.7. The molecule has 2 rings (SSSR count). The minimum Gasteiger partial charge on any atom is -0.367 e. The Morgan fingerprint density at radius 2 is 2.13 bits per heavy atom. The van der Waals surface area contributed by atoms with Gasteiger partial charge in [0, 0.05) is 45.2 Å². The molecule has 2 amide bonds. The van der Waals surface area contributed by atoms with Crippen molar-refractivity contribution in [2.24, 2.45) is 5.92 Å². The number of aromatic nitrogens is 1. The molecule has 0 aliphatic carbocycles. The van der Waals surface area contributed by atoms with E-state index in [1.807, 2.05) is 0 Å². The molecule has 0 atom stereocenters. The molecule has 0 aromatic carbocycles. The van der Waals surface area contributed by atoms with Crippen molar-refractivity contribution in [3.63, 3.8) is 0 Å². The van der Waals surface area contributed by atoms with Crippen LogP contribution in [0.4, 0.5) is 5.82 Å². The van der Waals surface area contributed by atoms with Gasteiger partial charge in [-0.25, -0.2) is 4.98 Å². The molecule has 122 valence electrons. The number of carbonyl (C=O) groups excluding carboxylic acids is 2. The maximum absolute atomic E-state index is 12.1. The van der Waals surface area contributed by atoms with Gasteiger partial charge in [0.1, 0.15) is 11.9 Å². The fourth-order valence-corrected chi connectivity index (χ4v) is 2.60.